The molecule has 0 bridgehead atoms. The molecule has 25 heavy (non-hydrogen) atoms. The fraction of sp³-hybridized carbons (Fsp3) is 0.438. The number of carbonyl (C=O) groups excluding carboxylic acids is 1. The summed E-state index contributed by atoms with van der Waals surface area (Å²) in [6.07, 6.45) is 1.04. The molecule has 0 aromatic heterocycles. The molecule has 0 radical (unpaired) electrons. The standard InChI is InChI=1S/C16H18ClN3O5/c17-14-9-8-20-11(7-13(22)23)15(24)19-16(20)18-10(9)3-4-12(14)25-6-2-1-5-21/h3-4,11,21H,1-2,5-8H2,(H,22,23)(H,18,19,24). The second-order valence-electron chi connectivity index (χ2n) is 5.82. The lowest BCUT2D eigenvalue weighted by Crippen LogP contribution is -2.38. The van der Waals surface area contributed by atoms with Crippen LogP contribution >= 0.6 is 11.6 Å². The number of aliphatic imine (C=N–C) groups is 1. The Kier molecular flexibility index (Phi) is 5.10. The van der Waals surface area contributed by atoms with E-state index in [0.717, 1.165) is 0 Å². The summed E-state index contributed by atoms with van der Waals surface area (Å²) < 4.78 is 5.64. The van der Waals surface area contributed by atoms with Crippen LogP contribution in [0.5, 0.6) is 5.75 Å². The normalized spacial score (nSPS) is 18.3. The lowest BCUT2D eigenvalue weighted by atomic mass is 10.1. The van der Waals surface area contributed by atoms with Gasteiger partial charge in [-0.3, -0.25) is 14.9 Å². The number of fused-ring (bicyclic) bond motifs is 2. The third-order valence-corrected chi connectivity index (χ3v) is 4.52. The van der Waals surface area contributed by atoms with E-state index in [-0.39, 0.29) is 25.5 Å². The van der Waals surface area contributed by atoms with Gasteiger partial charge in [0.25, 0.3) is 0 Å². The van der Waals surface area contributed by atoms with E-state index in [1.807, 2.05) is 0 Å². The van der Waals surface area contributed by atoms with Crippen molar-refractivity contribution in [2.45, 2.75) is 31.8 Å². The molecule has 2 heterocycles. The average Bonchev–Trinajstić information content (AvgIpc) is 2.86. The Morgan fingerprint density at radius 1 is 1.44 bits per heavy atom. The molecule has 1 fully saturated rings. The van der Waals surface area contributed by atoms with Gasteiger partial charge in [-0.15, -0.1) is 0 Å². The first kappa shape index (κ1) is 17.5. The molecule has 2 aliphatic rings. The maximum atomic E-state index is 12.0. The highest BCUT2D eigenvalue weighted by molar-refractivity contribution is 6.33. The van der Waals surface area contributed by atoms with Gasteiger partial charge in [-0.1, -0.05) is 11.6 Å². The number of benzene rings is 1. The molecule has 2 aliphatic heterocycles. The molecule has 0 saturated carbocycles. The quantitative estimate of drug-likeness (QED) is 0.626. The lowest BCUT2D eigenvalue weighted by Gasteiger charge is -2.28. The maximum absolute atomic E-state index is 12.0. The van der Waals surface area contributed by atoms with Gasteiger partial charge in [0.05, 0.1) is 30.3 Å². The molecule has 9 heteroatoms. The largest absolute Gasteiger partial charge is 0.492 e. The fourth-order valence-corrected chi connectivity index (χ4v) is 3.11. The number of unbranched alkanes of at least 4 members (excludes halogenated alkanes) is 1. The van der Waals surface area contributed by atoms with Crippen LogP contribution in [0.4, 0.5) is 5.69 Å². The molecule has 3 rings (SSSR count). The predicted molar refractivity (Wildman–Crippen MR) is 90.1 cm³/mol. The highest BCUT2D eigenvalue weighted by Gasteiger charge is 2.40. The van der Waals surface area contributed by atoms with Gasteiger partial charge < -0.3 is 19.8 Å². The van der Waals surface area contributed by atoms with Crippen molar-refractivity contribution in [3.63, 3.8) is 0 Å². The van der Waals surface area contributed by atoms with Crippen LogP contribution in [-0.4, -0.2) is 52.2 Å². The molecular weight excluding hydrogens is 350 g/mol. The molecule has 3 N–H and O–H groups in total. The molecule has 0 aliphatic carbocycles. The van der Waals surface area contributed by atoms with Crippen molar-refractivity contribution in [2.24, 2.45) is 4.99 Å². The van der Waals surface area contributed by atoms with Crippen molar-refractivity contribution in [1.29, 1.82) is 0 Å². The Labute approximate surface area is 149 Å². The first-order chi connectivity index (χ1) is 12.0. The Morgan fingerprint density at radius 3 is 2.96 bits per heavy atom. The van der Waals surface area contributed by atoms with Crippen molar-refractivity contribution >= 4 is 35.1 Å². The van der Waals surface area contributed by atoms with Crippen LogP contribution in [0.15, 0.2) is 17.1 Å². The highest BCUT2D eigenvalue weighted by atomic mass is 35.5. The van der Waals surface area contributed by atoms with E-state index < -0.39 is 12.0 Å². The Hall–Kier alpha value is -2.32. The highest BCUT2D eigenvalue weighted by Crippen LogP contribution is 2.39. The number of halogens is 1. The van der Waals surface area contributed by atoms with Crippen LogP contribution in [0.3, 0.4) is 0 Å². The van der Waals surface area contributed by atoms with Gasteiger partial charge >= 0.3 is 5.97 Å². The van der Waals surface area contributed by atoms with Gasteiger partial charge in [0.15, 0.2) is 0 Å². The summed E-state index contributed by atoms with van der Waals surface area (Å²) >= 11 is 6.43. The first-order valence-electron chi connectivity index (χ1n) is 7.94. The molecule has 0 spiro atoms. The average molecular weight is 368 g/mol. The number of aliphatic hydroxyl groups excluding tert-OH is 1. The second-order valence-corrected chi connectivity index (χ2v) is 6.20. The Bertz CT molecular complexity index is 737. The minimum Gasteiger partial charge on any atom is -0.492 e. The number of hydrogen-bond donors (Lipinski definition) is 3. The number of ether oxygens (including phenoxy) is 1. The number of carboxylic acid groups (broad SMARTS) is 1. The zero-order chi connectivity index (χ0) is 18.0. The zero-order valence-electron chi connectivity index (χ0n) is 13.4. The summed E-state index contributed by atoms with van der Waals surface area (Å²) in [7, 11) is 0. The van der Waals surface area contributed by atoms with Gasteiger partial charge in [-0.25, -0.2) is 4.99 Å². The number of amides is 1. The number of carboxylic acids is 1. The van der Waals surface area contributed by atoms with Crippen LogP contribution in [0, 0.1) is 0 Å². The van der Waals surface area contributed by atoms with Crippen molar-refractivity contribution in [1.82, 2.24) is 10.2 Å². The lowest BCUT2D eigenvalue weighted by molar-refractivity contribution is -0.140. The molecule has 1 amide bonds. The van der Waals surface area contributed by atoms with Crippen molar-refractivity contribution in [2.75, 3.05) is 13.2 Å². The summed E-state index contributed by atoms with van der Waals surface area (Å²) in [6.45, 7) is 0.816. The third kappa shape index (κ3) is 3.54. The van der Waals surface area contributed by atoms with E-state index in [4.69, 9.17) is 26.6 Å². The minimum atomic E-state index is -1.06. The number of rotatable bonds is 7. The molecule has 1 saturated heterocycles. The molecule has 134 valence electrons. The molecule has 1 aromatic carbocycles. The molecular formula is C16H18ClN3O5. The number of guanidine groups is 1. The van der Waals surface area contributed by atoms with Gasteiger partial charge in [-0.05, 0) is 25.0 Å². The fourth-order valence-electron chi connectivity index (χ4n) is 2.84. The maximum Gasteiger partial charge on any atom is 0.305 e. The first-order valence-corrected chi connectivity index (χ1v) is 8.32. The number of nitrogens with zero attached hydrogens (tertiary/aromatic N) is 2. The van der Waals surface area contributed by atoms with Crippen molar-refractivity contribution in [3.8, 4) is 5.75 Å². The minimum absolute atomic E-state index is 0.111. The number of carbonyl (C=O) groups is 2. The molecule has 1 unspecified atom stereocenters. The summed E-state index contributed by atoms with van der Waals surface area (Å²) in [5.41, 5.74) is 1.31. The number of aliphatic carboxylic acids is 1. The van der Waals surface area contributed by atoms with E-state index in [2.05, 4.69) is 10.3 Å². The van der Waals surface area contributed by atoms with Gasteiger partial charge in [-0.2, -0.15) is 0 Å². The van der Waals surface area contributed by atoms with Crippen LogP contribution in [0.1, 0.15) is 24.8 Å². The smallest absolute Gasteiger partial charge is 0.305 e. The van der Waals surface area contributed by atoms with E-state index >= 15 is 0 Å². The summed E-state index contributed by atoms with van der Waals surface area (Å²) in [4.78, 5) is 29.0. The Morgan fingerprint density at radius 2 is 2.24 bits per heavy atom. The van der Waals surface area contributed by atoms with Gasteiger partial charge in [0, 0.05) is 12.2 Å². The van der Waals surface area contributed by atoms with Crippen molar-refractivity contribution in [3.05, 3.63) is 22.7 Å². The van der Waals surface area contributed by atoms with Gasteiger partial charge in [0.1, 0.15) is 11.8 Å². The summed E-state index contributed by atoms with van der Waals surface area (Å²) in [5.74, 6) is -0.591. The second kappa shape index (κ2) is 7.28. The van der Waals surface area contributed by atoms with E-state index in [0.29, 0.717) is 47.4 Å². The van der Waals surface area contributed by atoms with Gasteiger partial charge in [0.2, 0.25) is 11.9 Å². The summed E-state index contributed by atoms with van der Waals surface area (Å²) in [5, 5.41) is 20.8. The Balaban J connectivity index is 1.81. The number of aliphatic hydroxyl groups is 1. The van der Waals surface area contributed by atoms with Crippen LogP contribution in [0.25, 0.3) is 0 Å². The van der Waals surface area contributed by atoms with Crippen molar-refractivity contribution < 1.29 is 24.5 Å². The SMILES string of the molecule is O=C(O)CC1C(=O)NC2=Nc3ccc(OCCCCO)c(Cl)c3CN21. The molecule has 1 aromatic rings. The zero-order valence-corrected chi connectivity index (χ0v) is 14.1. The van der Waals surface area contributed by atoms with Crippen LogP contribution in [0.2, 0.25) is 5.02 Å². The summed E-state index contributed by atoms with van der Waals surface area (Å²) in [6, 6.07) is 2.66. The van der Waals surface area contributed by atoms with E-state index in [1.165, 1.54) is 0 Å². The monoisotopic (exact) mass is 367 g/mol. The van der Waals surface area contributed by atoms with E-state index in [1.54, 1.807) is 17.0 Å². The predicted octanol–water partition coefficient (Wildman–Crippen LogP) is 1.27. The topological polar surface area (TPSA) is 111 Å². The number of nitrogens with one attached hydrogen (secondary N) is 1. The molecule has 8 nitrogen and oxygen atoms in total. The van der Waals surface area contributed by atoms with Crippen LogP contribution < -0.4 is 10.1 Å². The number of hydrogen-bond acceptors (Lipinski definition) is 6. The third-order valence-electron chi connectivity index (χ3n) is 4.10. The van der Waals surface area contributed by atoms with Crippen LogP contribution in [-0.2, 0) is 16.1 Å². The molecule has 1 atom stereocenters. The van der Waals surface area contributed by atoms with E-state index in [9.17, 15) is 9.59 Å².